The molecule has 0 aromatic heterocycles. The number of nitrogens with two attached hydrogens (primary N) is 1. The molecule has 0 amide bonds. The van der Waals surface area contributed by atoms with Crippen LogP contribution < -0.4 is 10.5 Å². The van der Waals surface area contributed by atoms with Crippen LogP contribution in [0.3, 0.4) is 0 Å². The van der Waals surface area contributed by atoms with E-state index in [1.54, 1.807) is 30.3 Å². The van der Waals surface area contributed by atoms with Gasteiger partial charge < -0.3 is 10.5 Å². The maximum absolute atomic E-state index is 12.7. The third kappa shape index (κ3) is 3.11. The number of nitrogen functional groups attached to an aromatic ring is 1. The lowest BCUT2D eigenvalue weighted by Crippen LogP contribution is -1.98. The lowest BCUT2D eigenvalue weighted by molar-refractivity contribution is 0.308. The first kappa shape index (κ1) is 11.7. The van der Waals surface area contributed by atoms with E-state index in [9.17, 15) is 4.39 Å². The Labute approximate surface area is 104 Å². The van der Waals surface area contributed by atoms with E-state index < -0.39 is 0 Å². The lowest BCUT2D eigenvalue weighted by atomic mass is 10.2. The van der Waals surface area contributed by atoms with Crippen LogP contribution in [-0.4, -0.2) is 0 Å². The second-order valence-corrected chi connectivity index (χ2v) is 4.03. The molecule has 2 aromatic carbocycles. The molecule has 2 N–H and O–H groups in total. The van der Waals surface area contributed by atoms with Crippen molar-refractivity contribution in [1.82, 2.24) is 0 Å². The summed E-state index contributed by atoms with van der Waals surface area (Å²) in [5.41, 5.74) is 7.10. The molecule has 0 bridgehead atoms. The lowest BCUT2D eigenvalue weighted by Gasteiger charge is -2.09. The molecule has 0 unspecified atom stereocenters. The molecule has 88 valence electrons. The number of ether oxygens (including phenoxy) is 1. The Morgan fingerprint density at radius 1 is 1.12 bits per heavy atom. The molecule has 4 heteroatoms. The molecule has 0 aliphatic carbocycles. The summed E-state index contributed by atoms with van der Waals surface area (Å²) in [6.07, 6.45) is 0. The summed E-state index contributed by atoms with van der Waals surface area (Å²) in [6, 6.07) is 11.2. The quantitative estimate of drug-likeness (QED) is 0.846. The maximum atomic E-state index is 12.7. The Hall–Kier alpha value is -1.74. The summed E-state index contributed by atoms with van der Waals surface area (Å²) < 4.78 is 18.2. The van der Waals surface area contributed by atoms with Crippen molar-refractivity contribution in [2.24, 2.45) is 0 Å². The van der Waals surface area contributed by atoms with Gasteiger partial charge in [-0.2, -0.15) is 0 Å². The SMILES string of the molecule is Nc1cc(Cl)ccc1OCc1ccc(F)cc1. The topological polar surface area (TPSA) is 35.2 Å². The van der Waals surface area contributed by atoms with Gasteiger partial charge in [0.25, 0.3) is 0 Å². The zero-order valence-electron chi connectivity index (χ0n) is 8.99. The third-order valence-electron chi connectivity index (χ3n) is 2.28. The fourth-order valence-electron chi connectivity index (χ4n) is 1.39. The highest BCUT2D eigenvalue weighted by molar-refractivity contribution is 6.30. The van der Waals surface area contributed by atoms with Crippen LogP contribution in [0.25, 0.3) is 0 Å². The van der Waals surface area contributed by atoms with Gasteiger partial charge in [-0.15, -0.1) is 0 Å². The Kier molecular flexibility index (Phi) is 3.49. The van der Waals surface area contributed by atoms with Gasteiger partial charge in [-0.1, -0.05) is 23.7 Å². The molecule has 0 fully saturated rings. The van der Waals surface area contributed by atoms with E-state index in [0.717, 1.165) is 5.56 Å². The van der Waals surface area contributed by atoms with Gasteiger partial charge in [-0.3, -0.25) is 0 Å². The van der Waals surface area contributed by atoms with E-state index in [1.165, 1.54) is 12.1 Å². The highest BCUT2D eigenvalue weighted by Crippen LogP contribution is 2.25. The van der Waals surface area contributed by atoms with Crippen LogP contribution in [0, 0.1) is 5.82 Å². The zero-order valence-corrected chi connectivity index (χ0v) is 9.75. The summed E-state index contributed by atoms with van der Waals surface area (Å²) in [6.45, 7) is 0.339. The van der Waals surface area contributed by atoms with Gasteiger partial charge in [0, 0.05) is 5.02 Å². The third-order valence-corrected chi connectivity index (χ3v) is 2.51. The molecular weight excluding hydrogens is 241 g/mol. The fraction of sp³-hybridized carbons (Fsp3) is 0.0769. The number of rotatable bonds is 3. The second kappa shape index (κ2) is 5.06. The highest BCUT2D eigenvalue weighted by Gasteiger charge is 2.01. The van der Waals surface area contributed by atoms with Crippen LogP contribution in [0.4, 0.5) is 10.1 Å². The predicted octanol–water partition coefficient (Wildman–Crippen LogP) is 3.64. The monoisotopic (exact) mass is 251 g/mol. The minimum Gasteiger partial charge on any atom is -0.487 e. The standard InChI is InChI=1S/C13H11ClFNO/c14-10-3-6-13(12(16)7-10)17-8-9-1-4-11(15)5-2-9/h1-7H,8,16H2. The number of benzene rings is 2. The van der Waals surface area contributed by atoms with E-state index >= 15 is 0 Å². The van der Waals surface area contributed by atoms with E-state index in [1.807, 2.05) is 0 Å². The molecule has 0 saturated heterocycles. The molecule has 0 radical (unpaired) electrons. The molecule has 2 aromatic rings. The smallest absolute Gasteiger partial charge is 0.142 e. The van der Waals surface area contributed by atoms with Crippen LogP contribution in [-0.2, 0) is 6.61 Å². The summed E-state index contributed by atoms with van der Waals surface area (Å²) in [7, 11) is 0. The van der Waals surface area contributed by atoms with E-state index in [2.05, 4.69) is 0 Å². The summed E-state index contributed by atoms with van der Waals surface area (Å²) in [5.74, 6) is 0.304. The van der Waals surface area contributed by atoms with E-state index in [0.29, 0.717) is 23.1 Å². The Morgan fingerprint density at radius 2 is 1.82 bits per heavy atom. The van der Waals surface area contributed by atoms with Gasteiger partial charge in [0.15, 0.2) is 0 Å². The van der Waals surface area contributed by atoms with Gasteiger partial charge in [-0.05, 0) is 35.9 Å². The molecule has 0 aliphatic rings. The van der Waals surface area contributed by atoms with Crippen molar-refractivity contribution in [2.75, 3.05) is 5.73 Å². The van der Waals surface area contributed by atoms with Crippen LogP contribution in [0.2, 0.25) is 5.02 Å². The van der Waals surface area contributed by atoms with Gasteiger partial charge in [0.1, 0.15) is 18.2 Å². The number of halogens is 2. The van der Waals surface area contributed by atoms with Crippen molar-refractivity contribution in [1.29, 1.82) is 0 Å². The molecular formula is C13H11ClFNO. The predicted molar refractivity (Wildman–Crippen MR) is 66.6 cm³/mol. The van der Waals surface area contributed by atoms with Crippen molar-refractivity contribution >= 4 is 17.3 Å². The van der Waals surface area contributed by atoms with Gasteiger partial charge in [0.05, 0.1) is 5.69 Å². The Balaban J connectivity index is 2.04. The largest absolute Gasteiger partial charge is 0.487 e. The Bertz CT molecular complexity index is 513. The number of hydrogen-bond donors (Lipinski definition) is 1. The fourth-order valence-corrected chi connectivity index (χ4v) is 1.57. The van der Waals surface area contributed by atoms with Crippen LogP contribution in [0.1, 0.15) is 5.56 Å². The van der Waals surface area contributed by atoms with Crippen molar-refractivity contribution in [3.63, 3.8) is 0 Å². The average molecular weight is 252 g/mol. The van der Waals surface area contributed by atoms with Crippen LogP contribution >= 0.6 is 11.6 Å². The van der Waals surface area contributed by atoms with Gasteiger partial charge in [-0.25, -0.2) is 4.39 Å². The zero-order chi connectivity index (χ0) is 12.3. The first-order chi connectivity index (χ1) is 8.15. The van der Waals surface area contributed by atoms with E-state index in [-0.39, 0.29) is 5.82 Å². The van der Waals surface area contributed by atoms with Crippen molar-refractivity contribution in [3.8, 4) is 5.75 Å². The molecule has 2 rings (SSSR count). The normalized spacial score (nSPS) is 10.2. The van der Waals surface area contributed by atoms with E-state index in [4.69, 9.17) is 22.1 Å². The first-order valence-electron chi connectivity index (χ1n) is 5.07. The van der Waals surface area contributed by atoms with Gasteiger partial charge in [0.2, 0.25) is 0 Å². The average Bonchev–Trinajstić information content (AvgIpc) is 2.30. The van der Waals surface area contributed by atoms with Crippen molar-refractivity contribution in [2.45, 2.75) is 6.61 Å². The second-order valence-electron chi connectivity index (χ2n) is 3.60. The van der Waals surface area contributed by atoms with Crippen molar-refractivity contribution < 1.29 is 9.13 Å². The molecule has 0 spiro atoms. The molecule has 0 atom stereocenters. The van der Waals surface area contributed by atoms with Crippen LogP contribution in [0.15, 0.2) is 42.5 Å². The first-order valence-corrected chi connectivity index (χ1v) is 5.45. The molecule has 17 heavy (non-hydrogen) atoms. The maximum Gasteiger partial charge on any atom is 0.142 e. The molecule has 0 heterocycles. The summed E-state index contributed by atoms with van der Waals surface area (Å²) in [4.78, 5) is 0. The molecule has 2 nitrogen and oxygen atoms in total. The Morgan fingerprint density at radius 3 is 2.47 bits per heavy atom. The minimum atomic E-state index is -0.264. The molecule has 0 saturated carbocycles. The highest BCUT2D eigenvalue weighted by atomic mass is 35.5. The molecule has 0 aliphatic heterocycles. The van der Waals surface area contributed by atoms with Gasteiger partial charge >= 0.3 is 0 Å². The van der Waals surface area contributed by atoms with Crippen LogP contribution in [0.5, 0.6) is 5.75 Å². The minimum absolute atomic E-state index is 0.264. The summed E-state index contributed by atoms with van der Waals surface area (Å²) >= 11 is 5.77. The number of anilines is 1. The number of hydrogen-bond acceptors (Lipinski definition) is 2. The summed E-state index contributed by atoms with van der Waals surface area (Å²) in [5, 5.41) is 0.566. The van der Waals surface area contributed by atoms with Crippen molar-refractivity contribution in [3.05, 3.63) is 58.9 Å².